The summed E-state index contributed by atoms with van der Waals surface area (Å²) in [6.07, 6.45) is -56.8. The van der Waals surface area contributed by atoms with E-state index in [-0.39, 0.29) is 29.6 Å². The van der Waals surface area contributed by atoms with Gasteiger partial charge in [0.25, 0.3) is 0 Å². The molecular weight excluding hydrogens is 1510 g/mol. The number of hydrogen-bond donors (Lipinski definition) is 22. The van der Waals surface area contributed by atoms with Crippen LogP contribution in [0.1, 0.15) is 113 Å². The number of aliphatic hydroxyl groups is 22. The number of aliphatic hydroxyl groups excluding tert-OH is 22. The number of carbonyl (C=O) groups excluding carboxylic acids is 1. The fourth-order valence-electron chi connectivity index (χ4n) is 21.3. The minimum absolute atomic E-state index is 0.0977. The standard InChI is InChI=1S/C74H120O39/c1-26-39(81)57(110-62-49(91)43(85)35(23-100-62)106-64-51(93)45(87)55(33(19-75)104-64)108-60-47(89)41(83)31(79)21-98-60)53(95)66(102-26)107-36-24-101-63(50(92)44(36)86)111-58-40(82)27(2)103-67(54(58)96)113-68(97)74-15-13-69(3,4)17-29(74)28-9-10-38-70(5)18-30(78)59(71(6,25-77)37(70)11-12-73(38,8)72(28,7)14-16-74)112-65-52(94)46(88)56(34(20-76)105-65)109-61-48(90)42(84)32(80)22-99-61/h9,26-27,29-67,75-96H,10-25H2,1-8H3. The maximum absolute atomic E-state index is 15.5. The van der Waals surface area contributed by atoms with Gasteiger partial charge in [0.15, 0.2) is 44.0 Å². The number of rotatable bonds is 19. The highest BCUT2D eigenvalue weighted by molar-refractivity contribution is 5.79. The average molecular weight is 1630 g/mol. The van der Waals surface area contributed by atoms with Crippen molar-refractivity contribution in [2.45, 2.75) is 347 Å². The third kappa shape index (κ3) is 15.7. The molecule has 13 aliphatic rings. The number of allylic oxidation sites excluding steroid dienone is 2. The van der Waals surface area contributed by atoms with Gasteiger partial charge in [-0.3, -0.25) is 4.79 Å². The first kappa shape index (κ1) is 88.5. The summed E-state index contributed by atoms with van der Waals surface area (Å²) in [7, 11) is 0. The minimum atomic E-state index is -2.02. The van der Waals surface area contributed by atoms with Gasteiger partial charge in [0.1, 0.15) is 159 Å². The maximum Gasteiger partial charge on any atom is 0.315 e. The van der Waals surface area contributed by atoms with Crippen LogP contribution in [0.5, 0.6) is 0 Å². The molecule has 13 rings (SSSR count). The zero-order valence-corrected chi connectivity index (χ0v) is 64.3. The monoisotopic (exact) mass is 1630 g/mol. The van der Waals surface area contributed by atoms with Crippen molar-refractivity contribution in [1.82, 2.24) is 0 Å². The molecule has 0 amide bonds. The summed E-state index contributed by atoms with van der Waals surface area (Å²) < 4.78 is 93.4. The Morgan fingerprint density at radius 2 is 0.841 bits per heavy atom. The molecule has 8 heterocycles. The van der Waals surface area contributed by atoms with Crippen molar-refractivity contribution in [3.05, 3.63) is 11.6 Å². The normalized spacial score (nSPS) is 55.6. The predicted molar refractivity (Wildman–Crippen MR) is 369 cm³/mol. The van der Waals surface area contributed by atoms with Gasteiger partial charge in [-0.1, -0.05) is 53.2 Å². The first-order chi connectivity index (χ1) is 53.1. The quantitative estimate of drug-likeness (QED) is 0.0324. The van der Waals surface area contributed by atoms with Gasteiger partial charge in [0.2, 0.25) is 6.29 Å². The summed E-state index contributed by atoms with van der Waals surface area (Å²) in [5.41, 5.74) is -3.10. The lowest BCUT2D eigenvalue weighted by Gasteiger charge is -2.72. The summed E-state index contributed by atoms with van der Waals surface area (Å²) in [5, 5.41) is 243. The van der Waals surface area contributed by atoms with E-state index in [1.807, 2.05) is 6.92 Å². The van der Waals surface area contributed by atoms with E-state index >= 15 is 4.79 Å². The van der Waals surface area contributed by atoms with E-state index in [9.17, 15) is 112 Å². The second-order valence-electron chi connectivity index (χ2n) is 35.7. The van der Waals surface area contributed by atoms with Crippen molar-refractivity contribution >= 4 is 5.97 Å². The smallest absolute Gasteiger partial charge is 0.315 e. The van der Waals surface area contributed by atoms with Gasteiger partial charge in [0.05, 0.1) is 76.1 Å². The van der Waals surface area contributed by atoms with Gasteiger partial charge in [-0.05, 0) is 111 Å². The molecule has 650 valence electrons. The number of ether oxygens (including phenoxy) is 16. The van der Waals surface area contributed by atoms with Gasteiger partial charge in [-0.15, -0.1) is 0 Å². The van der Waals surface area contributed by atoms with E-state index in [1.165, 1.54) is 13.8 Å². The third-order valence-electron chi connectivity index (χ3n) is 28.4. The van der Waals surface area contributed by atoms with Crippen LogP contribution in [0.15, 0.2) is 11.6 Å². The van der Waals surface area contributed by atoms with Crippen molar-refractivity contribution in [2.75, 3.05) is 46.2 Å². The molecule has 5 aliphatic carbocycles. The van der Waals surface area contributed by atoms with E-state index in [4.69, 9.17) is 75.8 Å². The van der Waals surface area contributed by atoms with Crippen LogP contribution in [0.25, 0.3) is 0 Å². The number of carbonyl (C=O) groups is 1. The summed E-state index contributed by atoms with van der Waals surface area (Å²) in [5.74, 6) is -1.40. The van der Waals surface area contributed by atoms with E-state index in [1.54, 1.807) is 0 Å². The molecule has 113 heavy (non-hydrogen) atoms. The Morgan fingerprint density at radius 1 is 0.416 bits per heavy atom. The lowest BCUT2D eigenvalue weighted by Crippen LogP contribution is -2.70. The topological polar surface area (TPSA) is 610 Å². The minimum Gasteiger partial charge on any atom is -0.432 e. The Kier molecular flexibility index (Phi) is 26.5. The molecule has 0 aromatic rings. The molecule has 12 fully saturated rings. The zero-order chi connectivity index (χ0) is 82.2. The van der Waals surface area contributed by atoms with Crippen LogP contribution in [-0.4, -0.2) is 398 Å². The van der Waals surface area contributed by atoms with Gasteiger partial charge in [0, 0.05) is 5.41 Å². The third-order valence-corrected chi connectivity index (χ3v) is 28.4. The molecule has 8 aliphatic heterocycles. The number of hydrogen-bond acceptors (Lipinski definition) is 39. The van der Waals surface area contributed by atoms with Crippen molar-refractivity contribution < 1.29 is 193 Å². The average Bonchev–Trinajstić information content (AvgIpc) is 0.671. The second-order valence-corrected chi connectivity index (χ2v) is 35.7. The Bertz CT molecular complexity index is 3240. The van der Waals surface area contributed by atoms with Crippen LogP contribution < -0.4 is 0 Å². The Labute approximate surface area is 651 Å². The second kappa shape index (κ2) is 33.9. The van der Waals surface area contributed by atoms with Gasteiger partial charge >= 0.3 is 5.97 Å². The molecule has 22 N–H and O–H groups in total. The summed E-state index contributed by atoms with van der Waals surface area (Å²) >= 11 is 0. The molecular formula is C74H120O39. The van der Waals surface area contributed by atoms with Crippen LogP contribution in [0.4, 0.5) is 0 Å². The summed E-state index contributed by atoms with van der Waals surface area (Å²) in [4.78, 5) is 15.5. The molecule has 0 aromatic carbocycles. The fraction of sp³-hybridized carbons (Fsp3) is 0.959. The van der Waals surface area contributed by atoms with Gasteiger partial charge in [-0.2, -0.15) is 0 Å². The molecule has 0 spiro atoms. The van der Waals surface area contributed by atoms with Crippen molar-refractivity contribution in [3.63, 3.8) is 0 Å². The van der Waals surface area contributed by atoms with Crippen molar-refractivity contribution in [1.29, 1.82) is 0 Å². The molecule has 46 unspecified atom stereocenters. The molecule has 0 radical (unpaired) electrons. The molecule has 8 saturated heterocycles. The Hall–Kier alpha value is -2.27. The lowest BCUT2D eigenvalue weighted by atomic mass is 9.33. The van der Waals surface area contributed by atoms with Crippen LogP contribution in [-0.2, 0) is 80.6 Å². The highest BCUT2D eigenvalue weighted by atomic mass is 16.8. The van der Waals surface area contributed by atoms with Gasteiger partial charge < -0.3 is 188 Å². The van der Waals surface area contributed by atoms with Crippen LogP contribution in [0, 0.1) is 50.2 Å². The SMILES string of the molecule is CC1OC(OC(=O)C23CCC(C)(C)CC2C2=CCC4C5(C)CC(O)C(OC6OC(CO)C(OC7OCC(O)C(O)C7O)C(O)C6O)C(C)(CO)C5CCC4(C)C2(C)CC3)C(O)C(OC2OCC(OC3OC(C)C(O)C(OC4OCC(OC5OC(CO)C(OC6OCC(O)C(O)C6O)C(O)C5O)C(O)C4O)C3O)C(O)C2O)C1O. The lowest BCUT2D eigenvalue weighted by molar-refractivity contribution is -0.380. The first-order valence-corrected chi connectivity index (χ1v) is 39.5. The van der Waals surface area contributed by atoms with E-state index < -0.39 is 313 Å². The number of fused-ring (bicyclic) bond motifs is 7. The Morgan fingerprint density at radius 3 is 1.33 bits per heavy atom. The van der Waals surface area contributed by atoms with Crippen molar-refractivity contribution in [2.24, 2.45) is 50.2 Å². The van der Waals surface area contributed by atoms with E-state index in [2.05, 4.69) is 40.7 Å². The number of esters is 1. The predicted octanol–water partition coefficient (Wildman–Crippen LogP) is -8.18. The molecule has 46 atom stereocenters. The van der Waals surface area contributed by atoms with Crippen LogP contribution in [0.3, 0.4) is 0 Å². The van der Waals surface area contributed by atoms with Crippen LogP contribution in [0.2, 0.25) is 0 Å². The maximum atomic E-state index is 15.5. The molecule has 0 bridgehead atoms. The van der Waals surface area contributed by atoms with Crippen molar-refractivity contribution in [3.8, 4) is 0 Å². The van der Waals surface area contributed by atoms with Crippen LogP contribution >= 0.6 is 0 Å². The molecule has 4 saturated carbocycles. The molecule has 39 heteroatoms. The highest BCUT2D eigenvalue weighted by Crippen LogP contribution is 2.76. The first-order valence-electron chi connectivity index (χ1n) is 39.5. The summed E-state index contributed by atoms with van der Waals surface area (Å²) in [6.45, 7) is 11.4. The summed E-state index contributed by atoms with van der Waals surface area (Å²) in [6, 6.07) is 0. The zero-order valence-electron chi connectivity index (χ0n) is 64.3. The largest absolute Gasteiger partial charge is 0.432 e. The fourth-order valence-corrected chi connectivity index (χ4v) is 21.3. The van der Waals surface area contributed by atoms with E-state index in [0.29, 0.717) is 51.4 Å². The van der Waals surface area contributed by atoms with Gasteiger partial charge in [-0.25, -0.2) is 0 Å². The molecule has 0 aromatic heterocycles. The Balaban J connectivity index is 0.626. The molecule has 39 nitrogen and oxygen atoms in total. The van der Waals surface area contributed by atoms with E-state index in [0.717, 1.165) is 5.57 Å². The highest BCUT2D eigenvalue weighted by Gasteiger charge is 2.72.